The third kappa shape index (κ3) is 5.11. The number of hydrogen-bond acceptors (Lipinski definition) is 5. The van der Waals surface area contributed by atoms with Gasteiger partial charge in [0.25, 0.3) is 15.9 Å². The quantitative estimate of drug-likeness (QED) is 0.341. The summed E-state index contributed by atoms with van der Waals surface area (Å²) in [5, 5.41) is 0.232. The van der Waals surface area contributed by atoms with Crippen molar-refractivity contribution < 1.29 is 22.4 Å². The Morgan fingerprint density at radius 2 is 1.50 bits per heavy atom. The van der Waals surface area contributed by atoms with E-state index in [1.165, 1.54) is 36.6 Å². The zero-order valence-corrected chi connectivity index (χ0v) is 19.1. The number of nitrogens with one attached hydrogen (secondary N) is 3. The highest BCUT2D eigenvalue weighted by atomic mass is 35.5. The highest BCUT2D eigenvalue weighted by Crippen LogP contribution is 2.25. The molecule has 0 radical (unpaired) electrons. The first-order valence-corrected chi connectivity index (χ1v) is 11.8. The minimum absolute atomic E-state index is 0.0186. The Balaban J connectivity index is 1.46. The van der Waals surface area contributed by atoms with E-state index < -0.39 is 21.8 Å². The third-order valence-electron chi connectivity index (χ3n) is 4.77. The molecule has 0 aliphatic carbocycles. The second kappa shape index (κ2) is 9.82. The fourth-order valence-electron chi connectivity index (χ4n) is 3.12. The molecular formula is C24H18ClN3O5S. The molecule has 2 amide bonds. The maximum atomic E-state index is 12.7. The number of amides is 2. The summed E-state index contributed by atoms with van der Waals surface area (Å²) in [5.74, 6) is -1.36. The van der Waals surface area contributed by atoms with Gasteiger partial charge < -0.3 is 4.42 Å². The van der Waals surface area contributed by atoms with E-state index in [9.17, 15) is 18.0 Å². The topological polar surface area (TPSA) is 118 Å². The summed E-state index contributed by atoms with van der Waals surface area (Å²) in [7, 11) is -4.01. The number of sulfonamides is 1. The SMILES string of the molecule is O=C(NNC(=O)c1occc1-c1ccccc1)c1cccc(S(=O)(=O)Nc2ccccc2Cl)c1. The Bertz CT molecular complexity index is 1450. The summed E-state index contributed by atoms with van der Waals surface area (Å²) >= 11 is 6.02. The Morgan fingerprint density at radius 3 is 2.26 bits per heavy atom. The molecule has 0 aliphatic heterocycles. The largest absolute Gasteiger partial charge is 0.458 e. The van der Waals surface area contributed by atoms with Crippen molar-refractivity contribution in [3.05, 3.63) is 108 Å². The number of rotatable bonds is 6. The lowest BCUT2D eigenvalue weighted by Crippen LogP contribution is -2.41. The molecule has 4 aromatic rings. The summed E-state index contributed by atoms with van der Waals surface area (Å²) in [6.45, 7) is 0. The van der Waals surface area contributed by atoms with E-state index in [-0.39, 0.29) is 26.9 Å². The molecular weight excluding hydrogens is 478 g/mol. The minimum atomic E-state index is -4.01. The minimum Gasteiger partial charge on any atom is -0.458 e. The Kier molecular flexibility index (Phi) is 6.67. The number of halogens is 1. The third-order valence-corrected chi connectivity index (χ3v) is 6.46. The molecule has 8 nitrogen and oxygen atoms in total. The van der Waals surface area contributed by atoms with Gasteiger partial charge in [-0.15, -0.1) is 0 Å². The Hall–Kier alpha value is -4.08. The van der Waals surface area contributed by atoms with Gasteiger partial charge in [0.05, 0.1) is 21.9 Å². The Labute approximate surface area is 200 Å². The van der Waals surface area contributed by atoms with Gasteiger partial charge in [-0.05, 0) is 42.0 Å². The van der Waals surface area contributed by atoms with Crippen molar-refractivity contribution in [3.63, 3.8) is 0 Å². The molecule has 0 fully saturated rings. The predicted octanol–water partition coefficient (Wildman–Crippen LogP) is 4.48. The van der Waals surface area contributed by atoms with E-state index in [0.29, 0.717) is 5.56 Å². The van der Waals surface area contributed by atoms with E-state index >= 15 is 0 Å². The average Bonchev–Trinajstić information content (AvgIpc) is 3.34. The van der Waals surface area contributed by atoms with Gasteiger partial charge in [0, 0.05) is 11.1 Å². The van der Waals surface area contributed by atoms with Gasteiger partial charge in [-0.2, -0.15) is 0 Å². The first kappa shape index (κ1) is 23.1. The lowest BCUT2D eigenvalue weighted by molar-refractivity contribution is 0.0831. The number of anilines is 1. The molecule has 4 rings (SSSR count). The lowest BCUT2D eigenvalue weighted by Gasteiger charge is -2.11. The number of para-hydroxylation sites is 1. The smallest absolute Gasteiger partial charge is 0.306 e. The highest BCUT2D eigenvalue weighted by Gasteiger charge is 2.20. The van der Waals surface area contributed by atoms with Crippen molar-refractivity contribution in [3.8, 4) is 11.1 Å². The highest BCUT2D eigenvalue weighted by molar-refractivity contribution is 7.92. The van der Waals surface area contributed by atoms with Crippen molar-refractivity contribution in [2.45, 2.75) is 4.90 Å². The van der Waals surface area contributed by atoms with Gasteiger partial charge in [-0.1, -0.05) is 60.1 Å². The normalized spacial score (nSPS) is 11.0. The molecule has 10 heteroatoms. The standard InChI is InChI=1S/C24H18ClN3O5S/c25-20-11-4-5-12-21(20)28-34(31,32)18-10-6-9-17(15-18)23(29)26-27-24(30)22-19(13-14-33-22)16-7-2-1-3-8-16/h1-15,28H,(H,26,29)(H,27,30). The number of furan rings is 1. The van der Waals surface area contributed by atoms with E-state index in [4.69, 9.17) is 16.0 Å². The molecule has 34 heavy (non-hydrogen) atoms. The van der Waals surface area contributed by atoms with E-state index in [1.54, 1.807) is 24.3 Å². The van der Waals surface area contributed by atoms with Crippen LogP contribution in [0.4, 0.5) is 5.69 Å². The molecule has 0 saturated carbocycles. The van der Waals surface area contributed by atoms with Crippen molar-refractivity contribution >= 4 is 39.1 Å². The van der Waals surface area contributed by atoms with E-state index in [2.05, 4.69) is 15.6 Å². The van der Waals surface area contributed by atoms with Gasteiger partial charge in [0.1, 0.15) is 0 Å². The predicted molar refractivity (Wildman–Crippen MR) is 128 cm³/mol. The van der Waals surface area contributed by atoms with Crippen molar-refractivity contribution in [2.75, 3.05) is 4.72 Å². The molecule has 0 saturated heterocycles. The van der Waals surface area contributed by atoms with Crippen LogP contribution in [0.25, 0.3) is 11.1 Å². The van der Waals surface area contributed by atoms with Crippen LogP contribution < -0.4 is 15.6 Å². The Morgan fingerprint density at radius 1 is 0.794 bits per heavy atom. The number of carbonyl (C=O) groups excluding carboxylic acids is 2. The van der Waals surface area contributed by atoms with Crippen LogP contribution in [0.3, 0.4) is 0 Å². The zero-order chi connectivity index (χ0) is 24.1. The van der Waals surface area contributed by atoms with Gasteiger partial charge in [0.15, 0.2) is 0 Å². The van der Waals surface area contributed by atoms with Gasteiger partial charge in [-0.3, -0.25) is 25.2 Å². The maximum absolute atomic E-state index is 12.7. The molecule has 0 atom stereocenters. The molecule has 0 aliphatic rings. The van der Waals surface area contributed by atoms with Crippen LogP contribution in [0, 0.1) is 0 Å². The monoisotopic (exact) mass is 495 g/mol. The summed E-state index contributed by atoms with van der Waals surface area (Å²) in [6.07, 6.45) is 1.37. The molecule has 0 spiro atoms. The van der Waals surface area contributed by atoms with E-state index in [1.807, 2.05) is 30.3 Å². The van der Waals surface area contributed by atoms with Gasteiger partial charge >= 0.3 is 5.91 Å². The average molecular weight is 496 g/mol. The second-order valence-electron chi connectivity index (χ2n) is 7.05. The van der Waals surface area contributed by atoms with E-state index in [0.717, 1.165) is 5.56 Å². The van der Waals surface area contributed by atoms with Crippen molar-refractivity contribution in [1.29, 1.82) is 0 Å². The summed E-state index contributed by atoms with van der Waals surface area (Å²) in [4.78, 5) is 25.0. The van der Waals surface area contributed by atoms with Crippen LogP contribution in [-0.2, 0) is 10.0 Å². The first-order valence-electron chi connectivity index (χ1n) is 9.96. The summed E-state index contributed by atoms with van der Waals surface area (Å²) in [5.41, 5.74) is 6.11. The van der Waals surface area contributed by atoms with Crippen LogP contribution in [-0.4, -0.2) is 20.2 Å². The molecule has 172 valence electrons. The number of benzene rings is 3. The molecule has 1 aromatic heterocycles. The molecule has 0 unspecified atom stereocenters. The van der Waals surface area contributed by atoms with Crippen LogP contribution in [0.15, 0.2) is 101 Å². The number of carbonyl (C=O) groups is 2. The van der Waals surface area contributed by atoms with Crippen molar-refractivity contribution in [2.24, 2.45) is 0 Å². The number of hydrogen-bond donors (Lipinski definition) is 3. The molecule has 0 bridgehead atoms. The molecule has 3 aromatic carbocycles. The molecule has 3 N–H and O–H groups in total. The fraction of sp³-hybridized carbons (Fsp3) is 0. The van der Waals surface area contributed by atoms with Gasteiger partial charge in [-0.25, -0.2) is 8.42 Å². The summed E-state index contributed by atoms with van der Waals surface area (Å²) < 4.78 is 33.2. The fourth-order valence-corrected chi connectivity index (χ4v) is 4.49. The summed E-state index contributed by atoms with van der Waals surface area (Å²) in [6, 6.07) is 22.5. The van der Waals surface area contributed by atoms with Crippen molar-refractivity contribution in [1.82, 2.24) is 10.9 Å². The zero-order valence-electron chi connectivity index (χ0n) is 17.5. The molecule has 1 heterocycles. The van der Waals surface area contributed by atoms with Crippen LogP contribution in [0.5, 0.6) is 0 Å². The van der Waals surface area contributed by atoms with Crippen LogP contribution in [0.1, 0.15) is 20.9 Å². The van der Waals surface area contributed by atoms with Gasteiger partial charge in [0.2, 0.25) is 5.76 Å². The van der Waals surface area contributed by atoms with Crippen LogP contribution in [0.2, 0.25) is 5.02 Å². The maximum Gasteiger partial charge on any atom is 0.306 e. The first-order chi connectivity index (χ1) is 16.3. The lowest BCUT2D eigenvalue weighted by atomic mass is 10.1. The second-order valence-corrected chi connectivity index (χ2v) is 9.14. The van der Waals surface area contributed by atoms with Crippen LogP contribution >= 0.6 is 11.6 Å². The number of hydrazine groups is 1.